The highest BCUT2D eigenvalue weighted by molar-refractivity contribution is 5.74. The zero-order valence-electron chi connectivity index (χ0n) is 17.1. The minimum Gasteiger partial charge on any atom is -0.494 e. The number of rotatable bonds is 7. The normalized spacial score (nSPS) is 14.7. The Morgan fingerprint density at radius 3 is 2.90 bits per heavy atom. The van der Waals surface area contributed by atoms with Gasteiger partial charge in [0.15, 0.2) is 5.82 Å². The quantitative estimate of drug-likeness (QED) is 0.628. The van der Waals surface area contributed by atoms with Crippen LogP contribution in [0.5, 0.6) is 11.5 Å². The predicted molar refractivity (Wildman–Crippen MR) is 112 cm³/mol. The van der Waals surface area contributed by atoms with Crippen molar-refractivity contribution < 1.29 is 14.3 Å². The number of ether oxygens (including phenoxy) is 2. The van der Waals surface area contributed by atoms with Crippen molar-refractivity contribution in [1.82, 2.24) is 25.4 Å². The summed E-state index contributed by atoms with van der Waals surface area (Å²) in [6.07, 6.45) is 6.29. The van der Waals surface area contributed by atoms with Crippen LogP contribution in [-0.4, -0.2) is 33.5 Å². The molecule has 2 amide bonds. The first-order valence-corrected chi connectivity index (χ1v) is 10.0. The van der Waals surface area contributed by atoms with Crippen molar-refractivity contribution in [1.29, 1.82) is 0 Å². The molecule has 1 atom stereocenters. The van der Waals surface area contributed by atoms with Crippen molar-refractivity contribution in [2.45, 2.75) is 39.5 Å². The molecule has 8 heteroatoms. The molecule has 30 heavy (non-hydrogen) atoms. The van der Waals surface area contributed by atoms with Crippen molar-refractivity contribution in [3.63, 3.8) is 0 Å². The smallest absolute Gasteiger partial charge is 0.315 e. The van der Waals surface area contributed by atoms with Crippen LogP contribution in [0.25, 0.3) is 5.82 Å². The maximum Gasteiger partial charge on any atom is 0.315 e. The van der Waals surface area contributed by atoms with Gasteiger partial charge in [-0.3, -0.25) is 0 Å². The van der Waals surface area contributed by atoms with Gasteiger partial charge < -0.3 is 20.1 Å². The van der Waals surface area contributed by atoms with E-state index in [1.165, 1.54) is 0 Å². The van der Waals surface area contributed by atoms with Gasteiger partial charge in [-0.05, 0) is 43.7 Å². The van der Waals surface area contributed by atoms with Crippen LogP contribution >= 0.6 is 0 Å². The van der Waals surface area contributed by atoms with Crippen molar-refractivity contribution in [3.05, 3.63) is 65.6 Å². The Morgan fingerprint density at radius 2 is 2.17 bits per heavy atom. The Hall–Kier alpha value is -3.55. The van der Waals surface area contributed by atoms with Gasteiger partial charge in [-0.1, -0.05) is 6.07 Å². The van der Waals surface area contributed by atoms with E-state index in [1.54, 1.807) is 17.1 Å². The molecule has 8 nitrogen and oxygen atoms in total. The van der Waals surface area contributed by atoms with Gasteiger partial charge in [-0.2, -0.15) is 5.10 Å². The number of carbonyl (C=O) groups excluding carboxylic acids is 1. The number of hydrogen-bond donors (Lipinski definition) is 2. The van der Waals surface area contributed by atoms with E-state index in [1.807, 2.05) is 50.4 Å². The highest BCUT2D eigenvalue weighted by atomic mass is 16.5. The lowest BCUT2D eigenvalue weighted by Crippen LogP contribution is -2.34. The van der Waals surface area contributed by atoms with E-state index in [4.69, 9.17) is 9.47 Å². The fourth-order valence-electron chi connectivity index (χ4n) is 3.39. The summed E-state index contributed by atoms with van der Waals surface area (Å²) in [7, 11) is 0. The van der Waals surface area contributed by atoms with E-state index in [0.29, 0.717) is 19.7 Å². The van der Waals surface area contributed by atoms with Gasteiger partial charge in [-0.15, -0.1) is 0 Å². The van der Waals surface area contributed by atoms with E-state index in [0.717, 1.165) is 40.4 Å². The molecule has 3 aromatic rings. The molecule has 3 heterocycles. The third-order valence-electron chi connectivity index (χ3n) is 4.82. The molecule has 4 rings (SSSR count). The van der Waals surface area contributed by atoms with Crippen LogP contribution in [-0.2, 0) is 19.5 Å². The molecule has 1 aliphatic heterocycles. The van der Waals surface area contributed by atoms with Gasteiger partial charge >= 0.3 is 6.03 Å². The zero-order chi connectivity index (χ0) is 20.9. The summed E-state index contributed by atoms with van der Waals surface area (Å²) in [5, 5.41) is 9.88. The largest absolute Gasteiger partial charge is 0.494 e. The Balaban J connectivity index is 1.32. The second-order valence-electron chi connectivity index (χ2n) is 7.14. The first-order chi connectivity index (χ1) is 14.6. The predicted octanol–water partition coefficient (Wildman–Crippen LogP) is 2.99. The summed E-state index contributed by atoms with van der Waals surface area (Å²) in [4.78, 5) is 16.6. The Bertz CT molecular complexity index is 1000. The first kappa shape index (κ1) is 19.8. The molecule has 1 aromatic carbocycles. The van der Waals surface area contributed by atoms with Gasteiger partial charge in [0, 0.05) is 49.2 Å². The van der Waals surface area contributed by atoms with Crippen molar-refractivity contribution >= 4 is 6.03 Å². The van der Waals surface area contributed by atoms with E-state index in [2.05, 4.69) is 20.7 Å². The van der Waals surface area contributed by atoms with Gasteiger partial charge in [-0.25, -0.2) is 14.5 Å². The van der Waals surface area contributed by atoms with E-state index in [9.17, 15) is 4.79 Å². The number of amides is 2. The Kier molecular flexibility index (Phi) is 5.83. The van der Waals surface area contributed by atoms with Crippen LogP contribution in [0.3, 0.4) is 0 Å². The molecule has 0 radical (unpaired) electrons. The Labute approximate surface area is 175 Å². The minimum atomic E-state index is -0.261. The van der Waals surface area contributed by atoms with E-state index in [-0.39, 0.29) is 12.1 Å². The minimum absolute atomic E-state index is 0.161. The van der Waals surface area contributed by atoms with E-state index < -0.39 is 0 Å². The number of fused-ring (bicyclic) bond motifs is 1. The summed E-state index contributed by atoms with van der Waals surface area (Å²) in [6, 6.07) is 9.33. The maximum absolute atomic E-state index is 12.3. The molecule has 0 aliphatic carbocycles. The average Bonchev–Trinajstić information content (AvgIpc) is 3.40. The highest BCUT2D eigenvalue weighted by Crippen LogP contribution is 2.35. The van der Waals surface area contributed by atoms with Gasteiger partial charge in [0.2, 0.25) is 0 Å². The Morgan fingerprint density at radius 1 is 1.30 bits per heavy atom. The van der Waals surface area contributed by atoms with Crippen LogP contribution in [0.1, 0.15) is 30.5 Å². The monoisotopic (exact) mass is 407 g/mol. The number of pyridine rings is 1. The number of hydrogen-bond acceptors (Lipinski definition) is 5. The summed E-state index contributed by atoms with van der Waals surface area (Å²) in [5.74, 6) is 2.38. The lowest BCUT2D eigenvalue weighted by molar-refractivity contribution is 0.239. The number of benzene rings is 1. The molecule has 0 fully saturated rings. The van der Waals surface area contributed by atoms with Gasteiger partial charge in [0.25, 0.3) is 0 Å². The van der Waals surface area contributed by atoms with Crippen molar-refractivity contribution in [3.8, 4) is 17.3 Å². The molecular weight excluding hydrogens is 382 g/mol. The summed E-state index contributed by atoms with van der Waals surface area (Å²) >= 11 is 0. The second-order valence-corrected chi connectivity index (χ2v) is 7.14. The first-order valence-electron chi connectivity index (χ1n) is 10.0. The lowest BCUT2D eigenvalue weighted by Gasteiger charge is -2.14. The number of aromatic nitrogens is 3. The SMILES string of the molecule is CCOc1cc2c(cc1CNC(=O)NCc1ccc(-n3cccn3)nc1)OC(C)C2. The third kappa shape index (κ3) is 4.53. The van der Waals surface area contributed by atoms with Gasteiger partial charge in [0.1, 0.15) is 17.6 Å². The number of urea groups is 1. The summed E-state index contributed by atoms with van der Waals surface area (Å²) in [5.41, 5.74) is 2.94. The average molecular weight is 407 g/mol. The molecule has 156 valence electrons. The molecule has 1 unspecified atom stereocenters. The van der Waals surface area contributed by atoms with Crippen LogP contribution in [0, 0.1) is 0 Å². The molecule has 0 spiro atoms. The summed E-state index contributed by atoms with van der Waals surface area (Å²) in [6.45, 7) is 5.28. The molecule has 0 saturated carbocycles. The van der Waals surface area contributed by atoms with Crippen LogP contribution < -0.4 is 20.1 Å². The molecule has 1 aliphatic rings. The summed E-state index contributed by atoms with van der Waals surface area (Å²) < 4.78 is 13.3. The van der Waals surface area contributed by atoms with Crippen LogP contribution in [0.2, 0.25) is 0 Å². The molecular formula is C22H25N5O3. The zero-order valence-corrected chi connectivity index (χ0v) is 17.1. The number of nitrogens with one attached hydrogen (secondary N) is 2. The highest BCUT2D eigenvalue weighted by Gasteiger charge is 2.22. The van der Waals surface area contributed by atoms with Crippen molar-refractivity contribution in [2.24, 2.45) is 0 Å². The fraction of sp³-hybridized carbons (Fsp3) is 0.318. The van der Waals surface area contributed by atoms with Crippen LogP contribution in [0.15, 0.2) is 48.9 Å². The lowest BCUT2D eigenvalue weighted by atomic mass is 10.1. The van der Waals surface area contributed by atoms with Gasteiger partial charge in [0.05, 0.1) is 6.61 Å². The maximum atomic E-state index is 12.3. The number of nitrogens with zero attached hydrogens (tertiary/aromatic N) is 3. The molecule has 0 bridgehead atoms. The van der Waals surface area contributed by atoms with Crippen molar-refractivity contribution in [2.75, 3.05) is 6.61 Å². The number of carbonyl (C=O) groups is 1. The molecule has 0 saturated heterocycles. The third-order valence-corrected chi connectivity index (χ3v) is 4.82. The topological polar surface area (TPSA) is 90.3 Å². The standard InChI is InChI=1S/C22H25N5O3/c1-3-29-19-10-17-9-15(2)30-20(17)11-18(19)14-25-22(28)24-13-16-5-6-21(23-12-16)27-8-4-7-26-27/h4-8,10-12,15H,3,9,13-14H2,1-2H3,(H2,24,25,28). The second kappa shape index (κ2) is 8.86. The van der Waals surface area contributed by atoms with Crippen LogP contribution in [0.4, 0.5) is 4.79 Å². The van der Waals surface area contributed by atoms with E-state index >= 15 is 0 Å². The molecule has 2 aromatic heterocycles. The fourth-order valence-corrected chi connectivity index (χ4v) is 3.39. The molecule has 2 N–H and O–H groups in total.